The van der Waals surface area contributed by atoms with Crippen molar-refractivity contribution in [3.8, 4) is 11.7 Å². The highest BCUT2D eigenvalue weighted by Crippen LogP contribution is 2.23. The van der Waals surface area contributed by atoms with Crippen molar-refractivity contribution in [2.24, 2.45) is 0 Å². The molecular formula is C11H12N2O4. The van der Waals surface area contributed by atoms with Crippen LogP contribution >= 0.6 is 0 Å². The van der Waals surface area contributed by atoms with Crippen molar-refractivity contribution in [3.63, 3.8) is 0 Å². The lowest BCUT2D eigenvalue weighted by molar-refractivity contribution is 0.0657. The maximum Gasteiger partial charge on any atom is 0.371 e. The van der Waals surface area contributed by atoms with Gasteiger partial charge in [0.15, 0.2) is 5.75 Å². The molecule has 2 heterocycles. The van der Waals surface area contributed by atoms with Gasteiger partial charge in [0, 0.05) is 12.6 Å². The molecule has 0 bridgehead atoms. The van der Waals surface area contributed by atoms with Gasteiger partial charge in [-0.15, -0.1) is 0 Å². The Kier molecular flexibility index (Phi) is 3.13. The first-order chi connectivity index (χ1) is 8.19. The largest absolute Gasteiger partial charge is 0.475 e. The smallest absolute Gasteiger partial charge is 0.371 e. The topological polar surface area (TPSA) is 77.5 Å². The number of hydrogen-bond acceptors (Lipinski definition) is 4. The number of aromatic carboxylic acids is 1. The van der Waals surface area contributed by atoms with E-state index in [-0.39, 0.29) is 11.7 Å². The monoisotopic (exact) mass is 236 g/mol. The van der Waals surface area contributed by atoms with Crippen LogP contribution in [-0.2, 0) is 6.54 Å². The van der Waals surface area contributed by atoms with E-state index in [2.05, 4.69) is 5.10 Å². The van der Waals surface area contributed by atoms with Gasteiger partial charge in [0.25, 0.3) is 5.95 Å². The molecule has 0 unspecified atom stereocenters. The molecule has 0 spiro atoms. The van der Waals surface area contributed by atoms with Crippen molar-refractivity contribution >= 4 is 5.97 Å². The minimum Gasteiger partial charge on any atom is -0.475 e. The summed E-state index contributed by atoms with van der Waals surface area (Å²) in [4.78, 5) is 10.6. The lowest BCUT2D eigenvalue weighted by atomic mass is 10.5. The third kappa shape index (κ3) is 2.66. The van der Waals surface area contributed by atoms with E-state index in [0.717, 1.165) is 13.0 Å². The molecule has 0 saturated carbocycles. The van der Waals surface area contributed by atoms with E-state index in [1.807, 2.05) is 6.92 Å². The second kappa shape index (κ2) is 4.73. The first-order valence-electron chi connectivity index (χ1n) is 5.22. The molecule has 0 aliphatic rings. The molecule has 0 radical (unpaired) electrons. The molecule has 0 atom stereocenters. The zero-order valence-corrected chi connectivity index (χ0v) is 9.29. The second-order valence-corrected chi connectivity index (χ2v) is 3.47. The molecule has 2 rings (SSSR count). The van der Waals surface area contributed by atoms with Crippen molar-refractivity contribution in [1.82, 2.24) is 9.78 Å². The van der Waals surface area contributed by atoms with Crippen molar-refractivity contribution in [2.75, 3.05) is 0 Å². The van der Waals surface area contributed by atoms with Gasteiger partial charge in [0.05, 0.1) is 12.4 Å². The van der Waals surface area contributed by atoms with Gasteiger partial charge in [-0.25, -0.2) is 4.79 Å². The third-order valence-electron chi connectivity index (χ3n) is 2.07. The molecule has 0 aliphatic heterocycles. The molecule has 17 heavy (non-hydrogen) atoms. The maximum absolute atomic E-state index is 10.6. The minimum atomic E-state index is -1.12. The molecule has 2 aromatic rings. The Bertz CT molecular complexity index is 515. The van der Waals surface area contributed by atoms with Crippen LogP contribution in [0.1, 0.15) is 23.9 Å². The molecule has 6 nitrogen and oxygen atoms in total. The summed E-state index contributed by atoms with van der Waals surface area (Å²) in [5.74, 6) is -0.620. The van der Waals surface area contributed by atoms with Gasteiger partial charge in [-0.2, -0.15) is 5.10 Å². The van der Waals surface area contributed by atoms with E-state index < -0.39 is 5.97 Å². The van der Waals surface area contributed by atoms with Crippen molar-refractivity contribution < 1.29 is 19.1 Å². The Hall–Kier alpha value is -2.24. The normalized spacial score (nSPS) is 10.4. The fourth-order valence-corrected chi connectivity index (χ4v) is 1.35. The highest BCUT2D eigenvalue weighted by Gasteiger charge is 2.10. The van der Waals surface area contributed by atoms with E-state index in [1.54, 1.807) is 17.1 Å². The van der Waals surface area contributed by atoms with Crippen molar-refractivity contribution in [3.05, 3.63) is 30.3 Å². The number of carbonyl (C=O) groups is 1. The molecule has 0 aromatic carbocycles. The minimum absolute atomic E-state index is 0.137. The highest BCUT2D eigenvalue weighted by atomic mass is 16.6. The Morgan fingerprint density at radius 2 is 2.41 bits per heavy atom. The number of carboxylic acids is 1. The Balaban J connectivity index is 2.05. The molecule has 90 valence electrons. The average molecular weight is 236 g/mol. The number of ether oxygens (including phenoxy) is 1. The summed E-state index contributed by atoms with van der Waals surface area (Å²) in [5, 5.41) is 12.8. The molecule has 1 N–H and O–H groups in total. The van der Waals surface area contributed by atoms with Gasteiger partial charge in [0.1, 0.15) is 0 Å². The maximum atomic E-state index is 10.6. The van der Waals surface area contributed by atoms with E-state index in [4.69, 9.17) is 14.3 Å². The Morgan fingerprint density at radius 3 is 3.06 bits per heavy atom. The zero-order chi connectivity index (χ0) is 12.3. The molecule has 0 fully saturated rings. The van der Waals surface area contributed by atoms with Crippen LogP contribution in [0, 0.1) is 0 Å². The molecule has 0 amide bonds. The van der Waals surface area contributed by atoms with Crippen LogP contribution in [0.3, 0.4) is 0 Å². The summed E-state index contributed by atoms with van der Waals surface area (Å²) in [6, 6.07) is 2.80. The molecule has 0 aliphatic carbocycles. The van der Waals surface area contributed by atoms with Crippen LogP contribution in [0.5, 0.6) is 11.7 Å². The third-order valence-corrected chi connectivity index (χ3v) is 2.07. The van der Waals surface area contributed by atoms with E-state index in [9.17, 15) is 4.79 Å². The standard InChI is InChI=1S/C11H12N2O4/c1-2-5-13-7-8(6-12-13)16-10-4-3-9(17-10)11(14)15/h3-4,6-7H,2,5H2,1H3,(H,14,15). The summed E-state index contributed by atoms with van der Waals surface area (Å²) in [7, 11) is 0. The molecular weight excluding hydrogens is 224 g/mol. The van der Waals surface area contributed by atoms with Crippen molar-refractivity contribution in [1.29, 1.82) is 0 Å². The number of furan rings is 1. The van der Waals surface area contributed by atoms with Gasteiger partial charge in [0.2, 0.25) is 5.76 Å². The van der Waals surface area contributed by atoms with E-state index in [0.29, 0.717) is 5.75 Å². The summed E-state index contributed by atoms with van der Waals surface area (Å²) in [6.45, 7) is 2.86. The van der Waals surface area contributed by atoms with Crippen LogP contribution < -0.4 is 4.74 Å². The summed E-state index contributed by atoms with van der Waals surface area (Å²) in [6.07, 6.45) is 4.26. The second-order valence-electron chi connectivity index (χ2n) is 3.47. The number of nitrogens with zero attached hydrogens (tertiary/aromatic N) is 2. The van der Waals surface area contributed by atoms with Crippen LogP contribution in [0.25, 0.3) is 0 Å². The molecule has 0 saturated heterocycles. The van der Waals surface area contributed by atoms with E-state index in [1.165, 1.54) is 12.1 Å². The average Bonchev–Trinajstić information content (AvgIpc) is 2.89. The Morgan fingerprint density at radius 1 is 1.59 bits per heavy atom. The number of aryl methyl sites for hydroxylation is 1. The van der Waals surface area contributed by atoms with E-state index >= 15 is 0 Å². The van der Waals surface area contributed by atoms with Crippen LogP contribution in [0.15, 0.2) is 28.9 Å². The van der Waals surface area contributed by atoms with Gasteiger partial charge in [-0.1, -0.05) is 6.92 Å². The summed E-state index contributed by atoms with van der Waals surface area (Å²) < 4.78 is 12.0. The Labute approximate surface area is 97.4 Å². The highest BCUT2D eigenvalue weighted by molar-refractivity contribution is 5.84. The zero-order valence-electron chi connectivity index (χ0n) is 9.29. The van der Waals surface area contributed by atoms with Crippen molar-refractivity contribution in [2.45, 2.75) is 19.9 Å². The van der Waals surface area contributed by atoms with Crippen LogP contribution in [0.2, 0.25) is 0 Å². The molecule has 2 aromatic heterocycles. The van der Waals surface area contributed by atoms with Gasteiger partial charge < -0.3 is 14.3 Å². The lowest BCUT2D eigenvalue weighted by Crippen LogP contribution is -1.95. The number of carboxylic acid groups (broad SMARTS) is 1. The van der Waals surface area contributed by atoms with Gasteiger partial charge in [-0.05, 0) is 12.5 Å². The number of hydrogen-bond donors (Lipinski definition) is 1. The summed E-state index contributed by atoms with van der Waals surface area (Å²) >= 11 is 0. The first-order valence-corrected chi connectivity index (χ1v) is 5.22. The lowest BCUT2D eigenvalue weighted by Gasteiger charge is -1.97. The summed E-state index contributed by atoms with van der Waals surface area (Å²) in [5.41, 5.74) is 0. The quantitative estimate of drug-likeness (QED) is 0.862. The fraction of sp³-hybridized carbons (Fsp3) is 0.273. The fourth-order valence-electron chi connectivity index (χ4n) is 1.35. The van der Waals surface area contributed by atoms with Gasteiger partial charge in [-0.3, -0.25) is 4.68 Å². The van der Waals surface area contributed by atoms with Crippen LogP contribution in [-0.4, -0.2) is 20.9 Å². The van der Waals surface area contributed by atoms with Crippen LogP contribution in [0.4, 0.5) is 0 Å². The SMILES string of the molecule is CCCn1cc(Oc2ccc(C(=O)O)o2)cn1. The number of rotatable bonds is 5. The first kappa shape index (κ1) is 11.3. The predicted molar refractivity (Wildman–Crippen MR) is 58.3 cm³/mol. The number of aromatic nitrogens is 2. The van der Waals surface area contributed by atoms with Gasteiger partial charge >= 0.3 is 5.97 Å². The molecule has 6 heteroatoms. The predicted octanol–water partition coefficient (Wildman–Crippen LogP) is 2.38.